The number of aromatic nitrogens is 3. The Labute approximate surface area is 166 Å². The first-order chi connectivity index (χ1) is 13.7. The molecule has 1 N–H and O–H groups in total. The van der Waals surface area contributed by atoms with Gasteiger partial charge in [-0.3, -0.25) is 9.89 Å². The molecular weight excluding hydrogens is 376 g/mol. The van der Waals surface area contributed by atoms with Crippen molar-refractivity contribution < 1.29 is 14.3 Å². The van der Waals surface area contributed by atoms with E-state index in [-0.39, 0.29) is 11.9 Å². The largest absolute Gasteiger partial charge is 0.492 e. The molecule has 144 valence electrons. The lowest BCUT2D eigenvalue weighted by Gasteiger charge is -2.32. The summed E-state index contributed by atoms with van der Waals surface area (Å²) in [6.45, 7) is 4.34. The first-order valence-corrected chi connectivity index (χ1v) is 10.2. The molecule has 0 radical (unpaired) electrons. The number of fused-ring (bicyclic) bond motifs is 3. The van der Waals surface area contributed by atoms with Crippen LogP contribution in [0.1, 0.15) is 21.6 Å². The Morgan fingerprint density at radius 1 is 1.32 bits per heavy atom. The number of rotatable bonds is 2. The van der Waals surface area contributed by atoms with Crippen molar-refractivity contribution in [2.24, 2.45) is 0 Å². The van der Waals surface area contributed by atoms with Crippen molar-refractivity contribution in [2.45, 2.75) is 19.4 Å². The van der Waals surface area contributed by atoms with Crippen molar-refractivity contribution in [1.29, 1.82) is 0 Å². The number of nitrogens with one attached hydrogen (secondary N) is 1. The van der Waals surface area contributed by atoms with Gasteiger partial charge in [-0.1, -0.05) is 6.07 Å². The fourth-order valence-electron chi connectivity index (χ4n) is 3.65. The zero-order valence-electron chi connectivity index (χ0n) is 15.5. The van der Waals surface area contributed by atoms with Crippen LogP contribution >= 0.6 is 11.3 Å². The van der Waals surface area contributed by atoms with Gasteiger partial charge in [0.15, 0.2) is 5.01 Å². The van der Waals surface area contributed by atoms with Gasteiger partial charge in [-0.15, -0.1) is 11.3 Å². The summed E-state index contributed by atoms with van der Waals surface area (Å²) in [5.41, 5.74) is 3.83. The average Bonchev–Trinajstić information content (AvgIpc) is 3.36. The summed E-state index contributed by atoms with van der Waals surface area (Å²) in [6, 6.07) is 6.14. The third-order valence-corrected chi connectivity index (χ3v) is 6.27. The van der Waals surface area contributed by atoms with Crippen molar-refractivity contribution in [3.05, 3.63) is 40.5 Å². The van der Waals surface area contributed by atoms with Crippen LogP contribution in [-0.4, -0.2) is 58.4 Å². The van der Waals surface area contributed by atoms with E-state index < -0.39 is 0 Å². The number of hydrogen-bond donors (Lipinski definition) is 1. The second-order valence-electron chi connectivity index (χ2n) is 7.01. The Hall–Kier alpha value is -2.71. The third kappa shape index (κ3) is 2.98. The van der Waals surface area contributed by atoms with Gasteiger partial charge in [0.1, 0.15) is 5.75 Å². The van der Waals surface area contributed by atoms with Crippen LogP contribution in [0.15, 0.2) is 30.6 Å². The van der Waals surface area contributed by atoms with Gasteiger partial charge in [-0.25, -0.2) is 4.98 Å². The summed E-state index contributed by atoms with van der Waals surface area (Å²) < 4.78 is 11.4. The van der Waals surface area contributed by atoms with E-state index >= 15 is 0 Å². The van der Waals surface area contributed by atoms with E-state index in [2.05, 4.69) is 10.2 Å². The Balaban J connectivity index is 1.51. The predicted octanol–water partition coefficient (Wildman–Crippen LogP) is 3.00. The molecule has 1 atom stereocenters. The lowest BCUT2D eigenvalue weighted by atomic mass is 10.0. The van der Waals surface area contributed by atoms with E-state index in [4.69, 9.17) is 14.5 Å². The Bertz CT molecular complexity index is 1010. The number of nitrogens with zero attached hydrogens (tertiary/aromatic N) is 3. The summed E-state index contributed by atoms with van der Waals surface area (Å²) in [5, 5.41) is 7.39. The van der Waals surface area contributed by atoms with Crippen LogP contribution in [0, 0.1) is 0 Å². The third-order valence-electron chi connectivity index (χ3n) is 5.16. The molecule has 2 aliphatic rings. The molecule has 1 fully saturated rings. The summed E-state index contributed by atoms with van der Waals surface area (Å²) in [7, 11) is 0. The molecule has 5 rings (SSSR count). The molecule has 0 saturated carbocycles. The number of aromatic amines is 1. The summed E-state index contributed by atoms with van der Waals surface area (Å²) >= 11 is 1.48. The summed E-state index contributed by atoms with van der Waals surface area (Å²) in [5.74, 6) is 0.785. The number of carbonyl (C=O) groups is 1. The highest BCUT2D eigenvalue weighted by Crippen LogP contribution is 2.40. The fraction of sp³-hybridized carbons (Fsp3) is 0.350. The maximum absolute atomic E-state index is 13.0. The van der Waals surface area contributed by atoms with Crippen molar-refractivity contribution >= 4 is 17.2 Å². The van der Waals surface area contributed by atoms with E-state index in [1.165, 1.54) is 11.3 Å². The highest BCUT2D eigenvalue weighted by atomic mass is 32.1. The van der Waals surface area contributed by atoms with Gasteiger partial charge in [-0.05, 0) is 24.6 Å². The molecule has 0 spiro atoms. The quantitative estimate of drug-likeness (QED) is 0.720. The lowest BCUT2D eigenvalue weighted by molar-refractivity contribution is 0.00358. The standard InChI is InChI=1S/C20H20N4O3S/c1-12-11-26-7-5-24(12)20(25)19-23-18-15-3-2-13(14-9-21-22-10-14)8-16(15)27-6-4-17(18)28-19/h2-3,8-10,12H,4-7,11H2,1H3,(H,21,22). The van der Waals surface area contributed by atoms with Crippen molar-refractivity contribution in [3.8, 4) is 28.1 Å². The lowest BCUT2D eigenvalue weighted by Crippen LogP contribution is -2.47. The number of hydrogen-bond acceptors (Lipinski definition) is 6. The first kappa shape index (κ1) is 17.4. The van der Waals surface area contributed by atoms with Gasteiger partial charge in [0.25, 0.3) is 5.91 Å². The Morgan fingerprint density at radius 2 is 2.25 bits per heavy atom. The summed E-state index contributed by atoms with van der Waals surface area (Å²) in [4.78, 5) is 20.7. The van der Waals surface area contributed by atoms with Gasteiger partial charge in [0.2, 0.25) is 0 Å². The zero-order valence-corrected chi connectivity index (χ0v) is 16.3. The average molecular weight is 396 g/mol. The molecule has 7 nitrogen and oxygen atoms in total. The number of amides is 1. The monoisotopic (exact) mass is 396 g/mol. The maximum Gasteiger partial charge on any atom is 0.283 e. The van der Waals surface area contributed by atoms with E-state index in [1.807, 2.05) is 36.2 Å². The minimum atomic E-state index is -0.00800. The topological polar surface area (TPSA) is 80.3 Å². The van der Waals surface area contributed by atoms with Gasteiger partial charge < -0.3 is 14.4 Å². The SMILES string of the molecule is CC1COCCN1C(=O)c1nc2c(s1)CCOc1cc(-c3cn[nH]c3)ccc1-2. The number of ether oxygens (including phenoxy) is 2. The van der Waals surface area contributed by atoms with Gasteiger partial charge >= 0.3 is 0 Å². The van der Waals surface area contributed by atoms with E-state index in [1.54, 1.807) is 6.20 Å². The molecule has 4 heterocycles. The zero-order chi connectivity index (χ0) is 19.1. The van der Waals surface area contributed by atoms with E-state index in [9.17, 15) is 4.79 Å². The molecule has 0 aliphatic carbocycles. The normalized spacial score (nSPS) is 18.8. The number of benzene rings is 1. The molecule has 1 aromatic carbocycles. The van der Waals surface area contributed by atoms with Gasteiger partial charge in [0.05, 0.1) is 37.8 Å². The molecule has 28 heavy (non-hydrogen) atoms. The molecule has 2 aromatic heterocycles. The maximum atomic E-state index is 13.0. The van der Waals surface area contributed by atoms with Crippen molar-refractivity contribution in [2.75, 3.05) is 26.4 Å². The predicted molar refractivity (Wildman–Crippen MR) is 106 cm³/mol. The second-order valence-corrected chi connectivity index (χ2v) is 8.09. The molecule has 1 amide bonds. The molecular formula is C20H20N4O3S. The van der Waals surface area contributed by atoms with Crippen LogP contribution in [-0.2, 0) is 11.2 Å². The van der Waals surface area contributed by atoms with Crippen LogP contribution in [0.3, 0.4) is 0 Å². The highest BCUT2D eigenvalue weighted by Gasteiger charge is 2.29. The van der Waals surface area contributed by atoms with Crippen LogP contribution in [0.2, 0.25) is 0 Å². The minimum absolute atomic E-state index is 0.00800. The molecule has 3 aromatic rings. The van der Waals surface area contributed by atoms with E-state index in [0.29, 0.717) is 31.4 Å². The van der Waals surface area contributed by atoms with Gasteiger partial charge in [-0.2, -0.15) is 5.10 Å². The van der Waals surface area contributed by atoms with Crippen molar-refractivity contribution in [3.63, 3.8) is 0 Å². The van der Waals surface area contributed by atoms with Crippen LogP contribution < -0.4 is 4.74 Å². The van der Waals surface area contributed by atoms with E-state index in [0.717, 1.165) is 39.4 Å². The first-order valence-electron chi connectivity index (χ1n) is 9.35. The molecule has 2 aliphatic heterocycles. The van der Waals surface area contributed by atoms with Crippen LogP contribution in [0.5, 0.6) is 5.75 Å². The number of thiazole rings is 1. The molecule has 8 heteroatoms. The van der Waals surface area contributed by atoms with Crippen LogP contribution in [0.4, 0.5) is 0 Å². The molecule has 1 saturated heterocycles. The highest BCUT2D eigenvalue weighted by molar-refractivity contribution is 7.14. The molecule has 0 bridgehead atoms. The Morgan fingerprint density at radius 3 is 3.07 bits per heavy atom. The summed E-state index contributed by atoms with van der Waals surface area (Å²) in [6.07, 6.45) is 4.38. The van der Waals surface area contributed by atoms with Crippen molar-refractivity contribution in [1.82, 2.24) is 20.1 Å². The number of H-pyrrole nitrogens is 1. The smallest absolute Gasteiger partial charge is 0.283 e. The number of morpholine rings is 1. The second kappa shape index (κ2) is 7.03. The molecule has 1 unspecified atom stereocenters. The minimum Gasteiger partial charge on any atom is -0.492 e. The fourth-order valence-corrected chi connectivity index (χ4v) is 4.67. The van der Waals surface area contributed by atoms with Crippen LogP contribution in [0.25, 0.3) is 22.4 Å². The Kier molecular flexibility index (Phi) is 4.37. The van der Waals surface area contributed by atoms with Gasteiger partial charge in [0, 0.05) is 35.2 Å². The number of carbonyl (C=O) groups excluding carboxylic acids is 1.